The molecule has 3 nitrogen and oxygen atoms in total. The third-order valence-electron chi connectivity index (χ3n) is 3.25. The Balaban J connectivity index is 0.00000133. The summed E-state index contributed by atoms with van der Waals surface area (Å²) < 4.78 is 5.35. The van der Waals surface area contributed by atoms with Crippen LogP contribution in [0.5, 0.6) is 0 Å². The molecule has 0 unspecified atom stereocenters. The molecule has 98 valence electrons. The molecule has 0 spiro atoms. The van der Waals surface area contributed by atoms with Crippen LogP contribution in [0.4, 0.5) is 0 Å². The Morgan fingerprint density at radius 1 is 1.11 bits per heavy atom. The average molecular weight is 275 g/mol. The van der Waals surface area contributed by atoms with Crippen molar-refractivity contribution in [2.24, 2.45) is 5.73 Å². The quantitative estimate of drug-likeness (QED) is 0.775. The van der Waals surface area contributed by atoms with Crippen LogP contribution in [-0.4, -0.2) is 5.16 Å². The lowest BCUT2D eigenvalue weighted by atomic mass is 9.98. The number of aryl methyl sites for hydroxylation is 1. The van der Waals surface area contributed by atoms with Gasteiger partial charge in [-0.15, -0.1) is 12.4 Å². The summed E-state index contributed by atoms with van der Waals surface area (Å²) in [6, 6.07) is 14.0. The molecule has 3 aromatic rings. The third kappa shape index (κ3) is 2.23. The van der Waals surface area contributed by atoms with Crippen LogP contribution in [0.25, 0.3) is 22.2 Å². The van der Waals surface area contributed by atoms with Crippen LogP contribution < -0.4 is 5.73 Å². The molecule has 0 fully saturated rings. The van der Waals surface area contributed by atoms with Crippen LogP contribution in [0.1, 0.15) is 11.1 Å². The van der Waals surface area contributed by atoms with Crippen LogP contribution in [0.2, 0.25) is 0 Å². The summed E-state index contributed by atoms with van der Waals surface area (Å²) in [5.74, 6) is 0. The predicted molar refractivity (Wildman–Crippen MR) is 79.3 cm³/mol. The van der Waals surface area contributed by atoms with Gasteiger partial charge in [0.25, 0.3) is 0 Å². The fraction of sp³-hybridized carbons (Fsp3) is 0.133. The van der Waals surface area contributed by atoms with Crippen LogP contribution in [0.15, 0.2) is 47.0 Å². The topological polar surface area (TPSA) is 52.0 Å². The minimum atomic E-state index is 0. The highest BCUT2D eigenvalue weighted by Gasteiger charge is 2.13. The van der Waals surface area contributed by atoms with Crippen molar-refractivity contribution in [1.29, 1.82) is 0 Å². The van der Waals surface area contributed by atoms with Crippen molar-refractivity contribution in [2.75, 3.05) is 0 Å². The molecule has 2 N–H and O–H groups in total. The predicted octanol–water partition coefficient (Wildman–Crippen LogP) is 3.68. The van der Waals surface area contributed by atoms with Crippen LogP contribution in [-0.2, 0) is 6.54 Å². The summed E-state index contributed by atoms with van der Waals surface area (Å²) in [4.78, 5) is 0. The number of para-hydroxylation sites is 1. The van der Waals surface area contributed by atoms with Gasteiger partial charge < -0.3 is 10.3 Å². The first-order chi connectivity index (χ1) is 8.81. The molecular weight excluding hydrogens is 260 g/mol. The maximum Gasteiger partial charge on any atom is 0.167 e. The van der Waals surface area contributed by atoms with Crippen molar-refractivity contribution in [1.82, 2.24) is 5.16 Å². The number of nitrogens with zero attached hydrogens (tertiary/aromatic N) is 1. The molecule has 0 saturated carbocycles. The number of aromatic nitrogens is 1. The smallest absolute Gasteiger partial charge is 0.167 e. The summed E-state index contributed by atoms with van der Waals surface area (Å²) >= 11 is 0. The Labute approximate surface area is 117 Å². The minimum absolute atomic E-state index is 0. The van der Waals surface area contributed by atoms with E-state index in [0.717, 1.165) is 27.8 Å². The van der Waals surface area contributed by atoms with Crippen molar-refractivity contribution in [3.05, 3.63) is 53.6 Å². The number of hydrogen-bond acceptors (Lipinski definition) is 3. The molecular formula is C15H15ClN2O. The Morgan fingerprint density at radius 2 is 1.89 bits per heavy atom. The molecule has 0 aliphatic heterocycles. The van der Waals surface area contributed by atoms with Gasteiger partial charge in [0.1, 0.15) is 5.69 Å². The van der Waals surface area contributed by atoms with Crippen molar-refractivity contribution >= 4 is 23.4 Å². The van der Waals surface area contributed by atoms with E-state index >= 15 is 0 Å². The van der Waals surface area contributed by atoms with E-state index in [0.29, 0.717) is 6.54 Å². The minimum Gasteiger partial charge on any atom is -0.356 e. The highest BCUT2D eigenvalue weighted by Crippen LogP contribution is 2.31. The molecule has 2 aromatic carbocycles. The molecule has 3 rings (SSSR count). The number of benzene rings is 2. The van der Waals surface area contributed by atoms with Crippen LogP contribution in [0, 0.1) is 6.92 Å². The van der Waals surface area contributed by atoms with Gasteiger partial charge in [-0.2, -0.15) is 0 Å². The maximum absolute atomic E-state index is 5.84. The Morgan fingerprint density at radius 3 is 2.68 bits per heavy atom. The third-order valence-corrected chi connectivity index (χ3v) is 3.25. The fourth-order valence-electron chi connectivity index (χ4n) is 2.28. The number of rotatable bonds is 2. The van der Waals surface area contributed by atoms with E-state index in [1.807, 2.05) is 36.4 Å². The first-order valence-corrected chi connectivity index (χ1v) is 5.94. The second kappa shape index (κ2) is 5.43. The normalized spacial score (nSPS) is 10.4. The molecule has 1 heterocycles. The molecule has 1 aromatic heterocycles. The zero-order chi connectivity index (χ0) is 12.5. The van der Waals surface area contributed by atoms with Gasteiger partial charge in [0.05, 0.1) is 0 Å². The van der Waals surface area contributed by atoms with E-state index in [9.17, 15) is 0 Å². The standard InChI is InChI=1S/C15H14N2O.ClH/c1-10-5-4-7-11(13(10)9-16)15-12-6-2-3-8-14(12)18-17-15;/h2-8H,9,16H2,1H3;1H. The Bertz CT molecular complexity index is 706. The number of fused-ring (bicyclic) bond motifs is 1. The summed E-state index contributed by atoms with van der Waals surface area (Å²) in [5, 5.41) is 5.21. The Hall–Kier alpha value is -1.84. The second-order valence-electron chi connectivity index (χ2n) is 4.33. The lowest BCUT2D eigenvalue weighted by Crippen LogP contribution is -2.01. The lowest BCUT2D eigenvalue weighted by molar-refractivity contribution is 0.459. The van der Waals surface area contributed by atoms with Crippen LogP contribution in [0.3, 0.4) is 0 Å². The van der Waals surface area contributed by atoms with Gasteiger partial charge in [-0.25, -0.2) is 0 Å². The summed E-state index contributed by atoms with van der Waals surface area (Å²) in [6.45, 7) is 2.57. The largest absolute Gasteiger partial charge is 0.356 e. The molecule has 0 aliphatic carbocycles. The molecule has 0 radical (unpaired) electrons. The zero-order valence-electron chi connectivity index (χ0n) is 10.6. The van der Waals surface area contributed by atoms with Gasteiger partial charge in [0.2, 0.25) is 0 Å². The van der Waals surface area contributed by atoms with Gasteiger partial charge in [-0.3, -0.25) is 0 Å². The molecule has 4 heteroatoms. The van der Waals surface area contributed by atoms with Crippen molar-refractivity contribution < 1.29 is 4.52 Å². The second-order valence-corrected chi connectivity index (χ2v) is 4.33. The monoisotopic (exact) mass is 274 g/mol. The van der Waals surface area contributed by atoms with Crippen molar-refractivity contribution in [3.8, 4) is 11.3 Å². The van der Waals surface area contributed by atoms with E-state index in [2.05, 4.69) is 18.1 Å². The molecule has 0 bridgehead atoms. The van der Waals surface area contributed by atoms with E-state index in [1.165, 1.54) is 5.56 Å². The summed E-state index contributed by atoms with van der Waals surface area (Å²) in [5.41, 5.74) is 10.9. The summed E-state index contributed by atoms with van der Waals surface area (Å²) in [7, 11) is 0. The molecule has 0 aliphatic rings. The fourth-order valence-corrected chi connectivity index (χ4v) is 2.28. The van der Waals surface area contributed by atoms with E-state index < -0.39 is 0 Å². The lowest BCUT2D eigenvalue weighted by Gasteiger charge is -2.08. The number of hydrogen-bond donors (Lipinski definition) is 1. The number of halogens is 1. The van der Waals surface area contributed by atoms with E-state index in [-0.39, 0.29) is 12.4 Å². The van der Waals surface area contributed by atoms with E-state index in [4.69, 9.17) is 10.3 Å². The average Bonchev–Trinajstić information content (AvgIpc) is 2.82. The first kappa shape index (κ1) is 13.6. The summed E-state index contributed by atoms with van der Waals surface area (Å²) in [6.07, 6.45) is 0. The van der Waals surface area contributed by atoms with Crippen molar-refractivity contribution in [2.45, 2.75) is 13.5 Å². The van der Waals surface area contributed by atoms with Gasteiger partial charge in [-0.1, -0.05) is 35.5 Å². The SMILES string of the molecule is Cc1cccc(-c2noc3ccccc23)c1CN.Cl. The molecule has 19 heavy (non-hydrogen) atoms. The maximum atomic E-state index is 5.84. The zero-order valence-corrected chi connectivity index (χ0v) is 11.4. The van der Waals surface area contributed by atoms with Crippen molar-refractivity contribution in [3.63, 3.8) is 0 Å². The van der Waals surface area contributed by atoms with Gasteiger partial charge >= 0.3 is 0 Å². The molecule has 0 saturated heterocycles. The Kier molecular flexibility index (Phi) is 3.88. The van der Waals surface area contributed by atoms with Gasteiger partial charge in [0.15, 0.2) is 5.58 Å². The number of nitrogens with two attached hydrogens (primary N) is 1. The van der Waals surface area contributed by atoms with Gasteiger partial charge in [0, 0.05) is 17.5 Å². The molecule has 0 amide bonds. The van der Waals surface area contributed by atoms with Gasteiger partial charge in [-0.05, 0) is 30.2 Å². The first-order valence-electron chi connectivity index (χ1n) is 5.94. The van der Waals surface area contributed by atoms with Crippen LogP contribution >= 0.6 is 12.4 Å². The highest BCUT2D eigenvalue weighted by molar-refractivity contribution is 5.92. The van der Waals surface area contributed by atoms with E-state index in [1.54, 1.807) is 0 Å². The molecule has 0 atom stereocenters. The highest BCUT2D eigenvalue weighted by atomic mass is 35.5.